The van der Waals surface area contributed by atoms with E-state index in [1.54, 1.807) is 16.6 Å². The lowest BCUT2D eigenvalue weighted by molar-refractivity contribution is 0.0951. The Morgan fingerprint density at radius 3 is 2.36 bits per heavy atom. The molecule has 6 heteroatoms. The summed E-state index contributed by atoms with van der Waals surface area (Å²) in [5.41, 5.74) is 3.82. The lowest BCUT2D eigenvalue weighted by Crippen LogP contribution is -2.49. The standard InChI is InChI=1S/C30H30N2O4/c1-31-28(24-14-9-17-32(30(34)35)26(24)18-20-10-5-3-6-11-20)27(21-12-7-4-8-13-21)25-19-22(36-2)15-16-23(25)29(31)33/h3-8,10-13,15-16,19,24,26H,9,14,17-18H2,1-2H3,(H,34,35). The van der Waals surface area contributed by atoms with Crippen LogP contribution in [-0.2, 0) is 13.5 Å². The van der Waals surface area contributed by atoms with E-state index in [1.807, 2.05) is 85.9 Å². The molecule has 1 N–H and O–H groups in total. The van der Waals surface area contributed by atoms with Crippen molar-refractivity contribution in [2.24, 2.45) is 7.05 Å². The van der Waals surface area contributed by atoms with Gasteiger partial charge >= 0.3 is 6.09 Å². The molecule has 2 heterocycles. The number of amides is 1. The first-order chi connectivity index (χ1) is 17.5. The van der Waals surface area contributed by atoms with Crippen molar-refractivity contribution in [1.82, 2.24) is 9.47 Å². The van der Waals surface area contributed by atoms with Crippen LogP contribution in [0.4, 0.5) is 4.79 Å². The van der Waals surface area contributed by atoms with Crippen LogP contribution in [0.25, 0.3) is 21.9 Å². The highest BCUT2D eigenvalue weighted by molar-refractivity contribution is 5.98. The van der Waals surface area contributed by atoms with Crippen molar-refractivity contribution in [3.63, 3.8) is 0 Å². The van der Waals surface area contributed by atoms with Gasteiger partial charge in [0, 0.05) is 47.6 Å². The molecule has 3 aromatic carbocycles. The highest BCUT2D eigenvalue weighted by Crippen LogP contribution is 2.42. The molecule has 2 atom stereocenters. The average molecular weight is 483 g/mol. The van der Waals surface area contributed by atoms with Crippen LogP contribution in [0.15, 0.2) is 83.7 Å². The Labute approximate surface area is 210 Å². The number of pyridine rings is 1. The third-order valence-corrected chi connectivity index (χ3v) is 7.37. The fraction of sp³-hybridized carbons (Fsp3) is 0.267. The Hall–Kier alpha value is -4.06. The van der Waals surface area contributed by atoms with Crippen LogP contribution in [0.5, 0.6) is 5.75 Å². The predicted molar refractivity (Wildman–Crippen MR) is 142 cm³/mol. The van der Waals surface area contributed by atoms with Gasteiger partial charge in [-0.15, -0.1) is 0 Å². The second-order valence-electron chi connectivity index (χ2n) is 9.38. The lowest BCUT2D eigenvalue weighted by atomic mass is 9.79. The first-order valence-electron chi connectivity index (χ1n) is 12.3. The van der Waals surface area contributed by atoms with E-state index in [0.29, 0.717) is 24.1 Å². The quantitative estimate of drug-likeness (QED) is 0.397. The molecule has 1 fully saturated rings. The number of ether oxygens (including phenoxy) is 1. The molecule has 6 nitrogen and oxygen atoms in total. The maximum absolute atomic E-state index is 13.6. The third-order valence-electron chi connectivity index (χ3n) is 7.37. The van der Waals surface area contributed by atoms with E-state index in [9.17, 15) is 14.7 Å². The Morgan fingerprint density at radius 1 is 1.00 bits per heavy atom. The van der Waals surface area contributed by atoms with Crippen LogP contribution in [0, 0.1) is 0 Å². The van der Waals surface area contributed by atoms with Crippen molar-refractivity contribution >= 4 is 16.9 Å². The monoisotopic (exact) mass is 482 g/mol. The van der Waals surface area contributed by atoms with E-state index in [2.05, 4.69) is 0 Å². The number of piperidine rings is 1. The van der Waals surface area contributed by atoms with Crippen molar-refractivity contribution in [2.45, 2.75) is 31.2 Å². The van der Waals surface area contributed by atoms with E-state index < -0.39 is 6.09 Å². The zero-order chi connectivity index (χ0) is 25.2. The first-order valence-corrected chi connectivity index (χ1v) is 12.3. The number of nitrogens with zero attached hydrogens (tertiary/aromatic N) is 2. The zero-order valence-corrected chi connectivity index (χ0v) is 20.6. The lowest BCUT2D eigenvalue weighted by Gasteiger charge is -2.41. The van der Waals surface area contributed by atoms with Crippen molar-refractivity contribution in [3.8, 4) is 16.9 Å². The predicted octanol–water partition coefficient (Wildman–Crippen LogP) is 5.68. The molecule has 1 aliphatic rings. The molecule has 36 heavy (non-hydrogen) atoms. The summed E-state index contributed by atoms with van der Waals surface area (Å²) in [6.45, 7) is 0.485. The number of hydrogen-bond donors (Lipinski definition) is 1. The van der Waals surface area contributed by atoms with Gasteiger partial charge in [0.25, 0.3) is 5.56 Å². The highest BCUT2D eigenvalue weighted by Gasteiger charge is 2.38. The van der Waals surface area contributed by atoms with Crippen LogP contribution in [0.1, 0.15) is 30.0 Å². The summed E-state index contributed by atoms with van der Waals surface area (Å²) in [6.07, 6.45) is 1.19. The third kappa shape index (κ3) is 4.24. The van der Waals surface area contributed by atoms with Crippen LogP contribution in [0.3, 0.4) is 0 Å². The van der Waals surface area contributed by atoms with E-state index in [1.165, 1.54) is 0 Å². The molecule has 0 spiro atoms. The normalized spacial score (nSPS) is 17.8. The number of rotatable bonds is 5. The minimum atomic E-state index is -0.922. The van der Waals surface area contributed by atoms with E-state index in [4.69, 9.17) is 4.74 Å². The van der Waals surface area contributed by atoms with Gasteiger partial charge in [0.15, 0.2) is 0 Å². The summed E-state index contributed by atoms with van der Waals surface area (Å²) in [5, 5.41) is 11.6. The first kappa shape index (κ1) is 23.7. The topological polar surface area (TPSA) is 71.8 Å². The van der Waals surface area contributed by atoms with Gasteiger partial charge in [-0.1, -0.05) is 60.7 Å². The number of hydrogen-bond acceptors (Lipinski definition) is 3. The van der Waals surface area contributed by atoms with Gasteiger partial charge < -0.3 is 19.3 Å². The Bertz CT molecular complexity index is 1450. The van der Waals surface area contributed by atoms with Crippen molar-refractivity contribution < 1.29 is 14.6 Å². The molecule has 184 valence electrons. The Morgan fingerprint density at radius 2 is 1.69 bits per heavy atom. The molecule has 5 rings (SSSR count). The van der Waals surface area contributed by atoms with E-state index >= 15 is 0 Å². The van der Waals surface area contributed by atoms with Gasteiger partial charge in [-0.25, -0.2) is 4.79 Å². The summed E-state index contributed by atoms with van der Waals surface area (Å²) >= 11 is 0. The van der Waals surface area contributed by atoms with Gasteiger partial charge in [0.1, 0.15) is 5.75 Å². The molecular weight excluding hydrogens is 452 g/mol. The van der Waals surface area contributed by atoms with Crippen LogP contribution >= 0.6 is 0 Å². The molecule has 0 aliphatic carbocycles. The Balaban J connectivity index is 1.79. The summed E-state index contributed by atoms with van der Waals surface area (Å²) in [7, 11) is 3.43. The molecule has 4 aromatic rings. The second-order valence-corrected chi connectivity index (χ2v) is 9.38. The molecule has 0 saturated carbocycles. The molecule has 1 aliphatic heterocycles. The number of likely N-dealkylation sites (tertiary alicyclic amines) is 1. The smallest absolute Gasteiger partial charge is 0.407 e. The van der Waals surface area contributed by atoms with Crippen molar-refractivity contribution in [2.75, 3.05) is 13.7 Å². The van der Waals surface area contributed by atoms with Crippen LogP contribution < -0.4 is 10.3 Å². The minimum Gasteiger partial charge on any atom is -0.497 e. The summed E-state index contributed by atoms with van der Waals surface area (Å²) in [6, 6.07) is 25.3. The average Bonchev–Trinajstić information content (AvgIpc) is 2.91. The molecule has 0 radical (unpaired) electrons. The number of methoxy groups -OCH3 is 1. The fourth-order valence-corrected chi connectivity index (χ4v) is 5.70. The molecule has 1 amide bonds. The minimum absolute atomic E-state index is 0.0896. The fourth-order valence-electron chi connectivity index (χ4n) is 5.70. The maximum Gasteiger partial charge on any atom is 0.407 e. The Kier molecular flexibility index (Phi) is 6.51. The van der Waals surface area contributed by atoms with Crippen LogP contribution in [0.2, 0.25) is 0 Å². The largest absolute Gasteiger partial charge is 0.497 e. The van der Waals surface area contributed by atoms with Gasteiger partial charge in [0.05, 0.1) is 7.11 Å². The van der Waals surface area contributed by atoms with E-state index in [-0.39, 0.29) is 17.5 Å². The number of fused-ring (bicyclic) bond motifs is 1. The SMILES string of the molecule is COc1ccc2c(=O)n(C)c(C3CCCN(C(=O)O)C3Cc3ccccc3)c(-c3ccccc3)c2c1. The maximum atomic E-state index is 13.6. The van der Waals surface area contributed by atoms with E-state index in [0.717, 1.165) is 40.6 Å². The van der Waals surface area contributed by atoms with Gasteiger partial charge in [-0.05, 0) is 48.6 Å². The summed E-state index contributed by atoms with van der Waals surface area (Å²) in [4.78, 5) is 27.6. The molecule has 0 bridgehead atoms. The number of carbonyl (C=O) groups is 1. The number of aromatic nitrogens is 1. The molecule has 2 unspecified atom stereocenters. The van der Waals surface area contributed by atoms with Gasteiger partial charge in [-0.3, -0.25) is 4.79 Å². The van der Waals surface area contributed by atoms with Crippen LogP contribution in [-0.4, -0.2) is 40.4 Å². The van der Waals surface area contributed by atoms with Gasteiger partial charge in [0.2, 0.25) is 0 Å². The highest BCUT2D eigenvalue weighted by atomic mass is 16.5. The molecule has 1 aromatic heterocycles. The van der Waals surface area contributed by atoms with Gasteiger partial charge in [-0.2, -0.15) is 0 Å². The summed E-state index contributed by atoms with van der Waals surface area (Å²) < 4.78 is 7.26. The number of benzene rings is 3. The molecular formula is C30H30N2O4. The summed E-state index contributed by atoms with van der Waals surface area (Å²) in [5.74, 6) is 0.522. The second kappa shape index (κ2) is 9.90. The van der Waals surface area contributed by atoms with Crippen molar-refractivity contribution in [3.05, 3.63) is 100 Å². The molecule has 1 saturated heterocycles. The van der Waals surface area contributed by atoms with Crippen molar-refractivity contribution in [1.29, 1.82) is 0 Å². The zero-order valence-electron chi connectivity index (χ0n) is 20.6. The number of carboxylic acid groups (broad SMARTS) is 1.